The standard InChI is InChI=1S/C19H26N4O2/c1-12(13-4-5-13)23(14-6-7-14)19(24)20-11-18-21-16-10-15(25-3)8-9-17(16)22(18)2/h8-10,12-14H,4-7,11H2,1-3H3,(H,20,24). The van der Waals surface area contributed by atoms with Crippen LogP contribution in [0, 0.1) is 5.92 Å². The molecule has 2 amide bonds. The largest absolute Gasteiger partial charge is 0.497 e. The predicted molar refractivity (Wildman–Crippen MR) is 96.5 cm³/mol. The number of carbonyl (C=O) groups excluding carboxylic acids is 1. The third-order valence-electron chi connectivity index (χ3n) is 5.50. The van der Waals surface area contributed by atoms with Crippen LogP contribution in [0.5, 0.6) is 5.75 Å². The molecule has 1 heterocycles. The van der Waals surface area contributed by atoms with Crippen LogP contribution in [0.2, 0.25) is 0 Å². The zero-order valence-electron chi connectivity index (χ0n) is 15.2. The summed E-state index contributed by atoms with van der Waals surface area (Å²) in [7, 11) is 3.63. The Kier molecular flexibility index (Phi) is 4.06. The summed E-state index contributed by atoms with van der Waals surface area (Å²) in [5.41, 5.74) is 1.92. The number of benzene rings is 1. The third-order valence-corrected chi connectivity index (χ3v) is 5.50. The maximum absolute atomic E-state index is 12.8. The second kappa shape index (κ2) is 6.24. The molecule has 0 spiro atoms. The number of carbonyl (C=O) groups is 1. The minimum absolute atomic E-state index is 0.0477. The first-order valence-corrected chi connectivity index (χ1v) is 9.14. The average molecular weight is 342 g/mol. The van der Waals surface area contributed by atoms with Crippen LogP contribution in [0.3, 0.4) is 0 Å². The lowest BCUT2D eigenvalue weighted by atomic mass is 10.2. The van der Waals surface area contributed by atoms with Gasteiger partial charge in [0.15, 0.2) is 0 Å². The van der Waals surface area contributed by atoms with Crippen molar-refractivity contribution >= 4 is 17.1 Å². The number of hydrogen-bond donors (Lipinski definition) is 1. The van der Waals surface area contributed by atoms with E-state index < -0.39 is 0 Å². The van der Waals surface area contributed by atoms with Crippen molar-refractivity contribution in [2.24, 2.45) is 13.0 Å². The maximum atomic E-state index is 12.8. The Morgan fingerprint density at radius 3 is 2.80 bits per heavy atom. The van der Waals surface area contributed by atoms with Gasteiger partial charge in [0.1, 0.15) is 11.6 Å². The van der Waals surface area contributed by atoms with Gasteiger partial charge in [-0.1, -0.05) is 0 Å². The molecule has 4 rings (SSSR count). The molecule has 25 heavy (non-hydrogen) atoms. The van der Waals surface area contributed by atoms with Crippen LogP contribution in [0.15, 0.2) is 18.2 Å². The highest BCUT2D eigenvalue weighted by molar-refractivity contribution is 5.78. The minimum Gasteiger partial charge on any atom is -0.497 e. The van der Waals surface area contributed by atoms with E-state index in [1.807, 2.05) is 29.8 Å². The van der Waals surface area contributed by atoms with E-state index in [0.717, 1.165) is 35.4 Å². The van der Waals surface area contributed by atoms with E-state index in [0.29, 0.717) is 24.5 Å². The molecule has 0 saturated heterocycles. The van der Waals surface area contributed by atoms with E-state index >= 15 is 0 Å². The minimum atomic E-state index is 0.0477. The van der Waals surface area contributed by atoms with E-state index in [1.165, 1.54) is 12.8 Å². The first-order valence-electron chi connectivity index (χ1n) is 9.14. The third kappa shape index (κ3) is 3.17. The smallest absolute Gasteiger partial charge is 0.318 e. The number of ether oxygens (including phenoxy) is 1. The summed E-state index contributed by atoms with van der Waals surface area (Å²) in [6.07, 6.45) is 4.78. The number of aromatic nitrogens is 2. The number of urea groups is 1. The zero-order chi connectivity index (χ0) is 17.6. The number of hydrogen-bond acceptors (Lipinski definition) is 3. The topological polar surface area (TPSA) is 59.4 Å². The van der Waals surface area contributed by atoms with Crippen molar-refractivity contribution in [3.05, 3.63) is 24.0 Å². The summed E-state index contributed by atoms with van der Waals surface area (Å²) in [5, 5.41) is 3.09. The lowest BCUT2D eigenvalue weighted by molar-refractivity contribution is 0.166. The number of fused-ring (bicyclic) bond motifs is 1. The van der Waals surface area contributed by atoms with Gasteiger partial charge in [-0.05, 0) is 50.7 Å². The number of methoxy groups -OCH3 is 1. The molecule has 2 fully saturated rings. The highest BCUT2D eigenvalue weighted by Crippen LogP contribution is 2.39. The van der Waals surface area contributed by atoms with Gasteiger partial charge in [-0.25, -0.2) is 9.78 Å². The molecule has 6 heteroatoms. The first kappa shape index (κ1) is 16.2. The summed E-state index contributed by atoms with van der Waals surface area (Å²) >= 11 is 0. The fraction of sp³-hybridized carbons (Fsp3) is 0.579. The van der Waals surface area contributed by atoms with Crippen molar-refractivity contribution in [2.75, 3.05) is 7.11 Å². The van der Waals surface area contributed by atoms with Gasteiger partial charge in [0.25, 0.3) is 0 Å². The second-order valence-electron chi connectivity index (χ2n) is 7.32. The lowest BCUT2D eigenvalue weighted by Crippen LogP contribution is -2.47. The van der Waals surface area contributed by atoms with Crippen LogP contribution >= 0.6 is 0 Å². The quantitative estimate of drug-likeness (QED) is 0.878. The van der Waals surface area contributed by atoms with Crippen LogP contribution in [-0.4, -0.2) is 39.7 Å². The van der Waals surface area contributed by atoms with Gasteiger partial charge in [0.05, 0.1) is 24.7 Å². The van der Waals surface area contributed by atoms with Crippen molar-refractivity contribution in [1.29, 1.82) is 0 Å². The van der Waals surface area contributed by atoms with Crippen LogP contribution in [-0.2, 0) is 13.6 Å². The van der Waals surface area contributed by atoms with E-state index in [1.54, 1.807) is 7.11 Å². The van der Waals surface area contributed by atoms with Gasteiger partial charge in [-0.2, -0.15) is 0 Å². The zero-order valence-corrected chi connectivity index (χ0v) is 15.2. The molecule has 1 atom stereocenters. The van der Waals surface area contributed by atoms with Crippen molar-refractivity contribution in [2.45, 2.75) is 51.2 Å². The van der Waals surface area contributed by atoms with Crippen LogP contribution in [0.4, 0.5) is 4.79 Å². The van der Waals surface area contributed by atoms with E-state index in [9.17, 15) is 4.79 Å². The summed E-state index contributed by atoms with van der Waals surface area (Å²) < 4.78 is 7.29. The Morgan fingerprint density at radius 2 is 2.16 bits per heavy atom. The number of imidazole rings is 1. The summed E-state index contributed by atoms with van der Waals surface area (Å²) in [6.45, 7) is 2.63. The Hall–Kier alpha value is -2.24. The second-order valence-corrected chi connectivity index (χ2v) is 7.32. The highest BCUT2D eigenvalue weighted by Gasteiger charge is 2.41. The molecule has 134 valence electrons. The van der Waals surface area contributed by atoms with Crippen LogP contribution < -0.4 is 10.1 Å². The molecule has 6 nitrogen and oxygen atoms in total. The fourth-order valence-electron chi connectivity index (χ4n) is 3.60. The molecule has 1 aromatic carbocycles. The van der Waals surface area contributed by atoms with Gasteiger partial charge in [0.2, 0.25) is 0 Å². The molecule has 2 aromatic rings. The molecule has 0 aliphatic heterocycles. The number of amides is 2. The molecule has 2 aliphatic rings. The molecule has 1 unspecified atom stereocenters. The molecule has 0 bridgehead atoms. The Labute approximate surface area is 148 Å². The number of nitrogens with one attached hydrogen (secondary N) is 1. The molecule has 0 radical (unpaired) electrons. The van der Waals surface area contributed by atoms with Gasteiger partial charge < -0.3 is 19.5 Å². The fourth-order valence-corrected chi connectivity index (χ4v) is 3.60. The molecular formula is C19H26N4O2. The van der Waals surface area contributed by atoms with Gasteiger partial charge in [-0.15, -0.1) is 0 Å². The summed E-state index contributed by atoms with van der Waals surface area (Å²) in [4.78, 5) is 19.5. The average Bonchev–Trinajstić information content (AvgIpc) is 3.51. The number of nitrogens with zero attached hydrogens (tertiary/aromatic N) is 3. The molecule has 1 N–H and O–H groups in total. The Balaban J connectivity index is 1.47. The molecule has 2 saturated carbocycles. The lowest BCUT2D eigenvalue weighted by Gasteiger charge is -2.29. The predicted octanol–water partition coefficient (Wildman–Crippen LogP) is 3.05. The van der Waals surface area contributed by atoms with Gasteiger partial charge >= 0.3 is 6.03 Å². The van der Waals surface area contributed by atoms with Crippen LogP contribution in [0.25, 0.3) is 11.0 Å². The summed E-state index contributed by atoms with van der Waals surface area (Å²) in [5.74, 6) is 2.33. The normalized spacial score (nSPS) is 18.2. The van der Waals surface area contributed by atoms with E-state index in [-0.39, 0.29) is 6.03 Å². The molecule has 2 aliphatic carbocycles. The van der Waals surface area contributed by atoms with E-state index in [4.69, 9.17) is 4.74 Å². The van der Waals surface area contributed by atoms with Crippen molar-refractivity contribution in [3.63, 3.8) is 0 Å². The highest BCUT2D eigenvalue weighted by atomic mass is 16.5. The summed E-state index contributed by atoms with van der Waals surface area (Å²) in [6, 6.07) is 6.67. The Bertz CT molecular complexity index is 792. The van der Waals surface area contributed by atoms with Crippen molar-refractivity contribution in [3.8, 4) is 5.75 Å². The first-order chi connectivity index (χ1) is 12.1. The number of rotatable bonds is 6. The number of aryl methyl sites for hydroxylation is 1. The van der Waals surface area contributed by atoms with Crippen molar-refractivity contribution in [1.82, 2.24) is 19.8 Å². The Morgan fingerprint density at radius 1 is 1.40 bits per heavy atom. The SMILES string of the molecule is COc1ccc2c(c1)nc(CNC(=O)N(C1CC1)C(C)C1CC1)n2C. The molecular weight excluding hydrogens is 316 g/mol. The maximum Gasteiger partial charge on any atom is 0.318 e. The van der Waals surface area contributed by atoms with Gasteiger partial charge in [0, 0.05) is 25.2 Å². The molecule has 1 aromatic heterocycles. The van der Waals surface area contributed by atoms with E-state index in [2.05, 4.69) is 22.1 Å². The monoisotopic (exact) mass is 342 g/mol. The van der Waals surface area contributed by atoms with Crippen molar-refractivity contribution < 1.29 is 9.53 Å². The van der Waals surface area contributed by atoms with Crippen LogP contribution in [0.1, 0.15) is 38.4 Å². The van der Waals surface area contributed by atoms with Gasteiger partial charge in [-0.3, -0.25) is 0 Å².